The zero-order chi connectivity index (χ0) is 35.2. The summed E-state index contributed by atoms with van der Waals surface area (Å²) in [7, 11) is 0. The highest BCUT2D eigenvalue weighted by Crippen LogP contribution is 2.28. The van der Waals surface area contributed by atoms with Crippen LogP contribution in [-0.2, 0) is 30.3 Å². The number of nitrogens with one attached hydrogen (secondary N) is 2. The van der Waals surface area contributed by atoms with Crippen LogP contribution in [-0.4, -0.2) is 59.7 Å². The molecule has 0 bridgehead atoms. The first-order chi connectivity index (χ1) is 23.4. The maximum Gasteiger partial charge on any atom is 0.338 e. The summed E-state index contributed by atoms with van der Waals surface area (Å²) in [4.78, 5) is 79.5. The van der Waals surface area contributed by atoms with Crippen LogP contribution >= 0.6 is 0 Å². The maximum atomic E-state index is 13.7. The van der Waals surface area contributed by atoms with Crippen molar-refractivity contribution in [2.24, 2.45) is 0 Å². The Labute approximate surface area is 283 Å². The molecule has 4 aromatic carbocycles. The summed E-state index contributed by atoms with van der Waals surface area (Å²) >= 11 is 0. The predicted octanol–water partition coefficient (Wildman–Crippen LogP) is 5.10. The number of ether oxygens (including phenoxy) is 2. The van der Waals surface area contributed by atoms with Crippen molar-refractivity contribution in [3.63, 3.8) is 0 Å². The highest BCUT2D eigenvalue weighted by Gasteiger charge is 2.44. The largest absolute Gasteiger partial charge is 0.454 e. The molecule has 0 saturated carbocycles. The Morgan fingerprint density at radius 3 is 1.78 bits per heavy atom. The highest BCUT2D eigenvalue weighted by atomic mass is 16.5. The summed E-state index contributed by atoms with van der Waals surface area (Å²) < 4.78 is 10.5. The van der Waals surface area contributed by atoms with Gasteiger partial charge in [-0.2, -0.15) is 0 Å². The van der Waals surface area contributed by atoms with E-state index in [1.165, 1.54) is 18.2 Å². The van der Waals surface area contributed by atoms with Crippen LogP contribution in [0.3, 0.4) is 0 Å². The summed E-state index contributed by atoms with van der Waals surface area (Å²) in [6.45, 7) is 6.31. The maximum absolute atomic E-state index is 13.7. The number of benzene rings is 4. The lowest BCUT2D eigenvalue weighted by Gasteiger charge is -2.24. The van der Waals surface area contributed by atoms with Crippen molar-refractivity contribution in [2.75, 3.05) is 23.8 Å². The first kappa shape index (κ1) is 34.2. The summed E-state index contributed by atoms with van der Waals surface area (Å²) in [6, 6.07) is 22.1. The fourth-order valence-corrected chi connectivity index (χ4v) is 5.51. The second-order valence-electron chi connectivity index (χ2n) is 11.9. The van der Waals surface area contributed by atoms with E-state index in [1.54, 1.807) is 42.5 Å². The molecule has 49 heavy (non-hydrogen) atoms. The number of fused-ring (bicyclic) bond motifs is 1. The molecule has 11 heteroatoms. The second-order valence-corrected chi connectivity index (χ2v) is 11.9. The van der Waals surface area contributed by atoms with Crippen molar-refractivity contribution < 1.29 is 38.2 Å². The third kappa shape index (κ3) is 8.07. The average Bonchev–Trinajstić information content (AvgIpc) is 3.32. The zero-order valence-corrected chi connectivity index (χ0v) is 27.5. The summed E-state index contributed by atoms with van der Waals surface area (Å²) in [5.74, 6) is -4.56. The van der Waals surface area contributed by atoms with Gasteiger partial charge in [0, 0.05) is 17.8 Å². The number of carbonyl (C=O) groups is 6. The quantitative estimate of drug-likeness (QED) is 0.167. The topological polar surface area (TPSA) is 148 Å². The van der Waals surface area contributed by atoms with E-state index >= 15 is 0 Å². The molecule has 0 saturated heterocycles. The van der Waals surface area contributed by atoms with Crippen LogP contribution in [0.5, 0.6) is 0 Å². The monoisotopic (exact) mass is 661 g/mol. The molecule has 2 N–H and O–H groups in total. The molecular weight excluding hydrogens is 626 g/mol. The van der Waals surface area contributed by atoms with Gasteiger partial charge in [-0.25, -0.2) is 9.59 Å². The Morgan fingerprint density at radius 2 is 1.20 bits per heavy atom. The SMILES string of the molecule is Cc1ccc(NC(=O)COC(=O)c2ccc3c(c2)C(=O)N(C(Cc2ccccc2)C(=O)OCC(=O)Nc2ccc(C)cc2C)C3=O)c(C)c1. The Balaban J connectivity index is 1.28. The number of hydrogen-bond acceptors (Lipinski definition) is 8. The van der Waals surface area contributed by atoms with Gasteiger partial charge in [-0.1, -0.05) is 65.7 Å². The standard InChI is InChI=1S/C38H35N3O8/c1-22-10-14-30(24(3)16-22)39-33(42)20-48-37(46)27-12-13-28-29(19-27)36(45)41(35(28)44)32(18-26-8-6-5-7-9-26)38(47)49-21-34(43)40-31-15-11-23(2)17-25(31)4/h5-17,19,32H,18,20-21H2,1-4H3,(H,39,42)(H,40,43). The number of amides is 4. The molecule has 1 unspecified atom stereocenters. The number of nitrogens with zero attached hydrogens (tertiary/aromatic N) is 1. The fourth-order valence-electron chi connectivity index (χ4n) is 5.51. The van der Waals surface area contributed by atoms with E-state index in [4.69, 9.17) is 9.47 Å². The molecule has 0 fully saturated rings. The van der Waals surface area contributed by atoms with Gasteiger partial charge < -0.3 is 20.1 Å². The number of aryl methyl sites for hydroxylation is 4. The van der Waals surface area contributed by atoms with E-state index in [2.05, 4.69) is 10.6 Å². The number of hydrogen-bond donors (Lipinski definition) is 2. The molecule has 0 aliphatic carbocycles. The third-order valence-corrected chi connectivity index (χ3v) is 8.00. The van der Waals surface area contributed by atoms with Gasteiger partial charge in [0.25, 0.3) is 23.6 Å². The molecule has 11 nitrogen and oxygen atoms in total. The summed E-state index contributed by atoms with van der Waals surface area (Å²) in [5, 5.41) is 5.39. The van der Waals surface area contributed by atoms with Gasteiger partial charge in [0.2, 0.25) is 0 Å². The highest BCUT2D eigenvalue weighted by molar-refractivity contribution is 6.23. The van der Waals surface area contributed by atoms with Crippen molar-refractivity contribution in [1.29, 1.82) is 0 Å². The predicted molar refractivity (Wildman–Crippen MR) is 181 cm³/mol. The molecule has 1 heterocycles. The normalized spacial score (nSPS) is 12.6. The lowest BCUT2D eigenvalue weighted by molar-refractivity contribution is -0.151. The Kier molecular flexibility index (Phi) is 10.3. The van der Waals surface area contributed by atoms with E-state index in [-0.39, 0.29) is 23.1 Å². The van der Waals surface area contributed by atoms with Crippen LogP contribution in [0, 0.1) is 27.7 Å². The fraction of sp³-hybridized carbons (Fsp3) is 0.211. The number of rotatable bonds is 11. The minimum absolute atomic E-state index is 0.0207. The number of imide groups is 1. The van der Waals surface area contributed by atoms with Crippen LogP contribution in [0.2, 0.25) is 0 Å². The van der Waals surface area contributed by atoms with Gasteiger partial charge in [0.05, 0.1) is 16.7 Å². The molecule has 0 spiro atoms. The van der Waals surface area contributed by atoms with Crippen LogP contribution in [0.4, 0.5) is 11.4 Å². The van der Waals surface area contributed by atoms with Gasteiger partial charge in [0.1, 0.15) is 6.04 Å². The van der Waals surface area contributed by atoms with Crippen molar-refractivity contribution in [3.05, 3.63) is 129 Å². The van der Waals surface area contributed by atoms with Crippen molar-refractivity contribution in [1.82, 2.24) is 4.90 Å². The first-order valence-electron chi connectivity index (χ1n) is 15.5. The van der Waals surface area contributed by atoms with Crippen molar-refractivity contribution >= 4 is 46.9 Å². The van der Waals surface area contributed by atoms with E-state index in [1.807, 2.05) is 52.0 Å². The van der Waals surface area contributed by atoms with Crippen LogP contribution in [0.1, 0.15) is 58.9 Å². The molecule has 4 amide bonds. The van der Waals surface area contributed by atoms with Crippen LogP contribution in [0.15, 0.2) is 84.9 Å². The lowest BCUT2D eigenvalue weighted by atomic mass is 10.0. The molecule has 250 valence electrons. The molecular formula is C38H35N3O8. The van der Waals surface area contributed by atoms with Crippen molar-refractivity contribution in [2.45, 2.75) is 40.2 Å². The second kappa shape index (κ2) is 14.8. The molecule has 1 aliphatic heterocycles. The van der Waals surface area contributed by atoms with Crippen molar-refractivity contribution in [3.8, 4) is 0 Å². The average molecular weight is 662 g/mol. The molecule has 0 aromatic heterocycles. The molecule has 1 aliphatic rings. The summed E-state index contributed by atoms with van der Waals surface area (Å²) in [5.41, 5.74) is 5.32. The Hall–Kier alpha value is -6.10. The van der Waals surface area contributed by atoms with Gasteiger partial charge in [-0.05, 0) is 74.7 Å². The molecule has 1 atom stereocenters. The van der Waals surface area contributed by atoms with Gasteiger partial charge >= 0.3 is 11.9 Å². The smallest absolute Gasteiger partial charge is 0.338 e. The minimum atomic E-state index is -1.41. The summed E-state index contributed by atoms with van der Waals surface area (Å²) in [6.07, 6.45) is -0.0751. The molecule has 0 radical (unpaired) electrons. The van der Waals surface area contributed by atoms with E-state index in [0.717, 1.165) is 27.2 Å². The first-order valence-corrected chi connectivity index (χ1v) is 15.5. The number of esters is 2. The zero-order valence-electron chi connectivity index (χ0n) is 27.5. The van der Waals surface area contributed by atoms with E-state index in [9.17, 15) is 28.8 Å². The lowest BCUT2D eigenvalue weighted by Crippen LogP contribution is -2.47. The molecule has 5 rings (SSSR count). The number of anilines is 2. The van der Waals surface area contributed by atoms with E-state index < -0.39 is 54.8 Å². The number of carbonyl (C=O) groups excluding carboxylic acids is 6. The van der Waals surface area contributed by atoms with Gasteiger partial charge in [0.15, 0.2) is 13.2 Å². The van der Waals surface area contributed by atoms with Crippen LogP contribution in [0.25, 0.3) is 0 Å². The Morgan fingerprint density at radius 1 is 0.653 bits per heavy atom. The molecule has 4 aromatic rings. The Bertz CT molecular complexity index is 1970. The van der Waals surface area contributed by atoms with Gasteiger partial charge in [-0.3, -0.25) is 24.1 Å². The van der Waals surface area contributed by atoms with Crippen LogP contribution < -0.4 is 10.6 Å². The van der Waals surface area contributed by atoms with E-state index in [0.29, 0.717) is 16.9 Å². The van der Waals surface area contributed by atoms with Gasteiger partial charge in [-0.15, -0.1) is 0 Å². The third-order valence-electron chi connectivity index (χ3n) is 8.00. The minimum Gasteiger partial charge on any atom is -0.454 e.